The Labute approximate surface area is 205 Å². The van der Waals surface area contributed by atoms with Crippen LogP contribution in [0.5, 0.6) is 0 Å². The van der Waals surface area contributed by atoms with Crippen LogP contribution in [0.3, 0.4) is 0 Å². The van der Waals surface area contributed by atoms with Crippen LogP contribution in [0.25, 0.3) is 0 Å². The molecule has 1 heterocycles. The number of ether oxygens (including phenoxy) is 6. The van der Waals surface area contributed by atoms with E-state index in [0.29, 0.717) is 0 Å². The number of rotatable bonds is 6. The second-order valence-corrected chi connectivity index (χ2v) is 10.3. The second-order valence-electron chi connectivity index (χ2n) is 8.06. The molecule has 1 aliphatic heterocycles. The van der Waals surface area contributed by atoms with Gasteiger partial charge in [0, 0.05) is 20.8 Å². The topological polar surface area (TPSA) is 148 Å². The highest BCUT2D eigenvalue weighted by molar-refractivity contribution is 6.76. The number of alkyl halides is 3. The van der Waals surface area contributed by atoms with Crippen LogP contribution in [0.4, 0.5) is 0 Å². The van der Waals surface area contributed by atoms with Crippen molar-refractivity contribution in [3.8, 4) is 0 Å². The number of hydrogen-bond donors (Lipinski definition) is 1. The molecule has 0 radical (unpaired) electrons. The van der Waals surface area contributed by atoms with Gasteiger partial charge in [0.1, 0.15) is 12.7 Å². The van der Waals surface area contributed by atoms with E-state index in [1.54, 1.807) is 20.8 Å². The summed E-state index contributed by atoms with van der Waals surface area (Å²) in [5.74, 6) is -3.95. The Morgan fingerprint density at radius 3 is 1.70 bits per heavy atom. The third-order valence-electron chi connectivity index (χ3n) is 3.98. The lowest BCUT2D eigenvalue weighted by molar-refractivity contribution is -0.292. The molecule has 1 fully saturated rings. The van der Waals surface area contributed by atoms with E-state index in [1.165, 1.54) is 0 Å². The first-order valence-electron chi connectivity index (χ1n) is 9.60. The number of esters is 4. The van der Waals surface area contributed by atoms with E-state index in [-0.39, 0.29) is 0 Å². The van der Waals surface area contributed by atoms with Crippen molar-refractivity contribution < 1.29 is 47.6 Å². The third kappa shape index (κ3) is 9.15. The molecule has 0 bridgehead atoms. The van der Waals surface area contributed by atoms with Gasteiger partial charge in [-0.15, -0.1) is 0 Å². The van der Waals surface area contributed by atoms with E-state index in [2.05, 4.69) is 0 Å². The summed E-state index contributed by atoms with van der Waals surface area (Å²) >= 11 is 17.0. The Kier molecular flexibility index (Phi) is 10.2. The molecule has 188 valence electrons. The zero-order chi connectivity index (χ0) is 25.7. The predicted octanol–water partition coefficient (Wildman–Crippen LogP) is 2.46. The normalized spacial score (nSPS) is 25.4. The minimum Gasteiger partial charge on any atom is -0.462 e. The molecule has 0 unspecified atom stereocenters. The molecule has 1 saturated heterocycles. The molecule has 0 aromatic rings. The van der Waals surface area contributed by atoms with Gasteiger partial charge in [-0.1, -0.05) is 34.8 Å². The van der Waals surface area contributed by atoms with E-state index in [9.17, 15) is 19.2 Å². The van der Waals surface area contributed by atoms with Crippen LogP contribution < -0.4 is 0 Å². The van der Waals surface area contributed by atoms with Crippen LogP contribution in [0, 0.1) is 10.8 Å². The van der Waals surface area contributed by atoms with Crippen LogP contribution in [-0.2, 0) is 47.6 Å². The molecule has 33 heavy (non-hydrogen) atoms. The van der Waals surface area contributed by atoms with E-state index < -0.39 is 76.3 Å². The summed E-state index contributed by atoms with van der Waals surface area (Å²) in [6.45, 7) is 7.59. The standard InChI is InChI=1S/C19H26Cl3NO10/c1-8(24)29-12-11(7-28-17(27)18(4,5)6)32-15(33-16(23)19(20,21)22)14(31-10(3)26)13(12)30-9(2)25/h11-15,23H,7H2,1-6H3/t11-,12-,13+,14-,15-/m1/s1. The number of carbonyl (C=O) groups excluding carboxylic acids is 4. The molecule has 0 aromatic heterocycles. The van der Waals surface area contributed by atoms with Crippen molar-refractivity contribution in [1.29, 1.82) is 5.41 Å². The molecular weight excluding hydrogens is 509 g/mol. The monoisotopic (exact) mass is 533 g/mol. The zero-order valence-electron chi connectivity index (χ0n) is 18.8. The van der Waals surface area contributed by atoms with E-state index in [1.807, 2.05) is 0 Å². The Morgan fingerprint density at radius 2 is 1.27 bits per heavy atom. The summed E-state index contributed by atoms with van der Waals surface area (Å²) in [7, 11) is 0. The summed E-state index contributed by atoms with van der Waals surface area (Å²) in [5.41, 5.74) is -0.866. The van der Waals surface area contributed by atoms with Gasteiger partial charge in [-0.2, -0.15) is 0 Å². The van der Waals surface area contributed by atoms with E-state index in [0.717, 1.165) is 20.8 Å². The van der Waals surface area contributed by atoms with E-state index >= 15 is 0 Å². The minimum atomic E-state index is -2.30. The predicted molar refractivity (Wildman–Crippen MR) is 115 cm³/mol. The first kappa shape index (κ1) is 29.2. The van der Waals surface area contributed by atoms with Gasteiger partial charge < -0.3 is 28.4 Å². The van der Waals surface area contributed by atoms with Crippen molar-refractivity contribution >= 4 is 64.6 Å². The summed E-state index contributed by atoms with van der Waals surface area (Å²) < 4.78 is 29.6. The lowest BCUT2D eigenvalue weighted by atomic mass is 9.96. The molecule has 1 N–H and O–H groups in total. The van der Waals surface area contributed by atoms with Gasteiger partial charge in [0.15, 0.2) is 12.2 Å². The molecule has 0 aliphatic carbocycles. The maximum Gasteiger partial charge on any atom is 0.311 e. The van der Waals surface area contributed by atoms with Crippen LogP contribution in [0.15, 0.2) is 0 Å². The fourth-order valence-corrected chi connectivity index (χ4v) is 2.78. The molecule has 1 aliphatic rings. The molecule has 11 nitrogen and oxygen atoms in total. The molecule has 5 atom stereocenters. The average molecular weight is 535 g/mol. The number of nitrogens with one attached hydrogen (secondary N) is 1. The summed E-state index contributed by atoms with van der Waals surface area (Å²) in [6, 6.07) is 0. The smallest absolute Gasteiger partial charge is 0.311 e. The molecule has 14 heteroatoms. The molecule has 1 rings (SSSR count). The van der Waals surface area contributed by atoms with Crippen LogP contribution in [0.2, 0.25) is 0 Å². The molecular formula is C19H26Cl3NO10. The van der Waals surface area contributed by atoms with Crippen molar-refractivity contribution in [1.82, 2.24) is 0 Å². The fraction of sp³-hybridized carbons (Fsp3) is 0.737. The maximum absolute atomic E-state index is 12.2. The summed E-state index contributed by atoms with van der Waals surface area (Å²) in [5, 5.41) is 7.82. The number of halogens is 3. The van der Waals surface area contributed by atoms with Crippen molar-refractivity contribution in [2.24, 2.45) is 5.41 Å². The minimum absolute atomic E-state index is 0.473. The van der Waals surface area contributed by atoms with Gasteiger partial charge in [0.05, 0.1) is 5.41 Å². The molecule has 0 aromatic carbocycles. The van der Waals surface area contributed by atoms with Gasteiger partial charge in [-0.25, -0.2) is 0 Å². The first-order chi connectivity index (χ1) is 14.9. The highest BCUT2D eigenvalue weighted by Crippen LogP contribution is 2.34. The summed E-state index contributed by atoms with van der Waals surface area (Å²) in [6.07, 6.45) is -7.34. The van der Waals surface area contributed by atoms with Crippen molar-refractivity contribution in [3.63, 3.8) is 0 Å². The quantitative estimate of drug-likeness (QED) is 0.177. The van der Waals surface area contributed by atoms with Crippen molar-refractivity contribution in [2.45, 2.75) is 76.0 Å². The zero-order valence-corrected chi connectivity index (χ0v) is 21.1. The van der Waals surface area contributed by atoms with Gasteiger partial charge >= 0.3 is 23.9 Å². The van der Waals surface area contributed by atoms with Crippen LogP contribution in [-0.4, -0.2) is 70.9 Å². The Balaban J connectivity index is 3.40. The lowest BCUT2D eigenvalue weighted by Crippen LogP contribution is -2.63. The average Bonchev–Trinajstić information content (AvgIpc) is 2.61. The highest BCUT2D eigenvalue weighted by Gasteiger charge is 2.54. The summed E-state index contributed by atoms with van der Waals surface area (Å²) in [4.78, 5) is 47.5. The van der Waals surface area contributed by atoms with Gasteiger partial charge in [-0.3, -0.25) is 24.6 Å². The van der Waals surface area contributed by atoms with Gasteiger partial charge in [0.2, 0.25) is 18.3 Å². The highest BCUT2D eigenvalue weighted by atomic mass is 35.6. The number of carbonyl (C=O) groups is 4. The third-order valence-corrected chi connectivity index (χ3v) is 4.49. The van der Waals surface area contributed by atoms with Crippen molar-refractivity contribution in [2.75, 3.05) is 6.61 Å². The van der Waals surface area contributed by atoms with Crippen LogP contribution in [0.1, 0.15) is 41.5 Å². The first-order valence-corrected chi connectivity index (χ1v) is 10.7. The van der Waals surface area contributed by atoms with Crippen LogP contribution >= 0.6 is 34.8 Å². The van der Waals surface area contributed by atoms with Gasteiger partial charge in [0.25, 0.3) is 3.79 Å². The second kappa shape index (κ2) is 11.5. The number of hydrogen-bond acceptors (Lipinski definition) is 11. The van der Waals surface area contributed by atoms with Crippen molar-refractivity contribution in [3.05, 3.63) is 0 Å². The molecule has 0 saturated carbocycles. The van der Waals surface area contributed by atoms with Gasteiger partial charge in [-0.05, 0) is 20.8 Å². The molecule has 0 spiro atoms. The van der Waals surface area contributed by atoms with E-state index in [4.69, 9.17) is 68.6 Å². The molecule has 0 amide bonds. The Bertz CT molecular complexity index is 777. The lowest BCUT2D eigenvalue weighted by Gasteiger charge is -2.44. The largest absolute Gasteiger partial charge is 0.462 e. The Hall–Kier alpha value is -1.82. The maximum atomic E-state index is 12.2. The Morgan fingerprint density at radius 1 is 0.818 bits per heavy atom. The SMILES string of the molecule is CC(=O)O[C@@H]1[C@@H](OC(C)=O)[C@@H](OC(=N)C(Cl)(Cl)Cl)O[C@H](COC(=O)C(C)(C)C)[C@H]1OC(C)=O. The fourth-order valence-electron chi connectivity index (χ4n) is 2.64.